The van der Waals surface area contributed by atoms with E-state index in [9.17, 15) is 4.79 Å². The van der Waals surface area contributed by atoms with Crippen LogP contribution in [0.5, 0.6) is 0 Å². The van der Waals surface area contributed by atoms with Gasteiger partial charge in [0.05, 0.1) is 5.92 Å². The maximum atomic E-state index is 13.1. The molecule has 4 heteroatoms. The molecule has 0 spiro atoms. The van der Waals surface area contributed by atoms with Crippen LogP contribution in [-0.2, 0) is 17.6 Å². The molecule has 158 valence electrons. The fourth-order valence-corrected chi connectivity index (χ4v) is 6.16. The van der Waals surface area contributed by atoms with E-state index in [1.807, 2.05) is 0 Å². The Kier molecular flexibility index (Phi) is 5.66. The van der Waals surface area contributed by atoms with E-state index in [1.165, 1.54) is 64.6 Å². The predicted molar refractivity (Wildman–Crippen MR) is 117 cm³/mol. The van der Waals surface area contributed by atoms with E-state index in [4.69, 9.17) is 0 Å². The Labute approximate surface area is 176 Å². The first-order valence-corrected chi connectivity index (χ1v) is 12.1. The second-order valence-electron chi connectivity index (χ2n) is 9.79. The van der Waals surface area contributed by atoms with E-state index in [0.29, 0.717) is 24.0 Å². The van der Waals surface area contributed by atoms with Crippen LogP contribution in [0.15, 0.2) is 24.3 Å². The van der Waals surface area contributed by atoms with Crippen molar-refractivity contribution in [3.8, 4) is 0 Å². The molecule has 0 bridgehead atoms. The Balaban J connectivity index is 1.13. The Morgan fingerprint density at radius 3 is 2.24 bits per heavy atom. The van der Waals surface area contributed by atoms with Crippen LogP contribution < -0.4 is 0 Å². The van der Waals surface area contributed by atoms with Crippen LogP contribution in [0.25, 0.3) is 0 Å². The van der Waals surface area contributed by atoms with Gasteiger partial charge in [-0.3, -0.25) is 14.6 Å². The number of amides is 1. The van der Waals surface area contributed by atoms with Gasteiger partial charge in [-0.05, 0) is 89.1 Å². The second kappa shape index (κ2) is 8.39. The highest BCUT2D eigenvalue weighted by Gasteiger charge is 2.38. The summed E-state index contributed by atoms with van der Waals surface area (Å²) in [6.45, 7) is 7.68. The van der Waals surface area contributed by atoms with Gasteiger partial charge in [-0.1, -0.05) is 24.3 Å². The van der Waals surface area contributed by atoms with Gasteiger partial charge in [0.1, 0.15) is 0 Å². The van der Waals surface area contributed by atoms with Gasteiger partial charge >= 0.3 is 0 Å². The van der Waals surface area contributed by atoms with Crippen LogP contribution in [-0.4, -0.2) is 71.5 Å². The minimum absolute atomic E-state index is 0.242. The van der Waals surface area contributed by atoms with Gasteiger partial charge in [0.2, 0.25) is 5.91 Å². The number of rotatable bonds is 5. The molecule has 4 nitrogen and oxygen atoms in total. The van der Waals surface area contributed by atoms with Crippen LogP contribution in [0.2, 0.25) is 0 Å². The third kappa shape index (κ3) is 4.11. The van der Waals surface area contributed by atoms with Crippen molar-refractivity contribution in [1.82, 2.24) is 14.7 Å². The number of nitrogens with zero attached hydrogens (tertiary/aromatic N) is 3. The van der Waals surface area contributed by atoms with Crippen molar-refractivity contribution in [3.63, 3.8) is 0 Å². The summed E-state index contributed by atoms with van der Waals surface area (Å²) < 4.78 is 0. The zero-order valence-electron chi connectivity index (χ0n) is 18.1. The van der Waals surface area contributed by atoms with Crippen molar-refractivity contribution < 1.29 is 4.79 Å². The number of hydrogen-bond donors (Lipinski definition) is 0. The minimum Gasteiger partial charge on any atom is -0.340 e. The molecule has 0 aromatic heterocycles. The summed E-state index contributed by atoms with van der Waals surface area (Å²) in [5.74, 6) is 0.688. The van der Waals surface area contributed by atoms with Crippen molar-refractivity contribution in [2.75, 3.05) is 32.7 Å². The average molecular weight is 396 g/mol. The number of piperidine rings is 2. The van der Waals surface area contributed by atoms with E-state index >= 15 is 0 Å². The number of carbonyl (C=O) groups excluding carboxylic acids is 1. The molecule has 2 saturated heterocycles. The summed E-state index contributed by atoms with van der Waals surface area (Å²) in [5, 5.41) is 0. The topological polar surface area (TPSA) is 26.8 Å². The smallest absolute Gasteiger partial charge is 0.227 e. The highest BCUT2D eigenvalue weighted by atomic mass is 16.2. The molecule has 5 rings (SSSR count). The van der Waals surface area contributed by atoms with E-state index < -0.39 is 0 Å². The first-order chi connectivity index (χ1) is 14.2. The van der Waals surface area contributed by atoms with Gasteiger partial charge in [0.25, 0.3) is 0 Å². The van der Waals surface area contributed by atoms with E-state index in [1.54, 1.807) is 11.1 Å². The summed E-state index contributed by atoms with van der Waals surface area (Å²) in [6.07, 6.45) is 9.74. The summed E-state index contributed by atoms with van der Waals surface area (Å²) in [5.41, 5.74) is 3.13. The lowest BCUT2D eigenvalue weighted by atomic mass is 9.92. The Morgan fingerprint density at radius 2 is 1.62 bits per heavy atom. The van der Waals surface area contributed by atoms with Crippen LogP contribution in [0.4, 0.5) is 0 Å². The number of benzene rings is 1. The molecule has 4 aliphatic rings. The van der Waals surface area contributed by atoms with Crippen molar-refractivity contribution in [2.45, 2.75) is 76.4 Å². The lowest BCUT2D eigenvalue weighted by Gasteiger charge is -2.44. The fourth-order valence-electron chi connectivity index (χ4n) is 6.16. The van der Waals surface area contributed by atoms with Gasteiger partial charge in [-0.15, -0.1) is 0 Å². The second-order valence-corrected chi connectivity index (χ2v) is 9.79. The van der Waals surface area contributed by atoms with Crippen LogP contribution in [0.1, 0.15) is 56.6 Å². The summed E-state index contributed by atoms with van der Waals surface area (Å²) >= 11 is 0. The van der Waals surface area contributed by atoms with E-state index in [2.05, 4.69) is 45.9 Å². The largest absolute Gasteiger partial charge is 0.340 e. The lowest BCUT2D eigenvalue weighted by molar-refractivity contribution is -0.138. The Bertz CT molecular complexity index is 698. The quantitative estimate of drug-likeness (QED) is 0.765. The number of hydrogen-bond acceptors (Lipinski definition) is 3. The summed E-state index contributed by atoms with van der Waals surface area (Å²) in [7, 11) is 0. The molecule has 2 aliphatic heterocycles. The molecule has 1 aromatic carbocycles. The standard InChI is InChI=1S/C25H37N3O/c1-2-28(23-9-10-23)25(29)21-8-5-13-27(18-21)22-11-14-26(15-12-22)24-16-19-6-3-4-7-20(19)17-24/h3-4,6-7,21-24H,2,5,8-18H2,1H3/t21-/m1/s1. The molecule has 0 N–H and O–H groups in total. The first kappa shape index (κ1) is 19.6. The average Bonchev–Trinajstić information content (AvgIpc) is 3.51. The fraction of sp³-hybridized carbons (Fsp3) is 0.720. The monoisotopic (exact) mass is 395 g/mol. The molecule has 0 unspecified atom stereocenters. The van der Waals surface area contributed by atoms with E-state index in [-0.39, 0.29) is 5.92 Å². The first-order valence-electron chi connectivity index (χ1n) is 12.1. The molecular weight excluding hydrogens is 358 g/mol. The summed E-state index contributed by atoms with van der Waals surface area (Å²) in [6, 6.07) is 10.9. The van der Waals surface area contributed by atoms with Crippen molar-refractivity contribution in [1.29, 1.82) is 0 Å². The SMILES string of the molecule is CCN(C(=O)[C@@H]1CCCN(C2CCN(C3Cc4ccccc4C3)CC2)C1)C1CC1. The Morgan fingerprint density at radius 1 is 0.931 bits per heavy atom. The molecule has 2 aliphatic carbocycles. The molecule has 3 fully saturated rings. The van der Waals surface area contributed by atoms with Crippen LogP contribution in [0.3, 0.4) is 0 Å². The summed E-state index contributed by atoms with van der Waals surface area (Å²) in [4.78, 5) is 20.7. The van der Waals surface area contributed by atoms with Crippen LogP contribution in [0, 0.1) is 5.92 Å². The molecule has 0 radical (unpaired) electrons. The number of carbonyl (C=O) groups is 1. The Hall–Kier alpha value is -1.39. The number of fused-ring (bicyclic) bond motifs is 1. The van der Waals surface area contributed by atoms with Crippen molar-refractivity contribution >= 4 is 5.91 Å². The maximum Gasteiger partial charge on any atom is 0.227 e. The third-order valence-electron chi connectivity index (χ3n) is 7.97. The normalized spacial score (nSPS) is 27.1. The third-order valence-corrected chi connectivity index (χ3v) is 7.97. The van der Waals surface area contributed by atoms with Gasteiger partial charge in [0.15, 0.2) is 0 Å². The highest BCUT2D eigenvalue weighted by Crippen LogP contribution is 2.32. The van der Waals surface area contributed by atoms with Gasteiger partial charge < -0.3 is 4.90 Å². The van der Waals surface area contributed by atoms with Crippen molar-refractivity contribution in [2.24, 2.45) is 5.92 Å². The molecule has 29 heavy (non-hydrogen) atoms. The lowest BCUT2D eigenvalue weighted by Crippen LogP contribution is -2.52. The molecule has 1 atom stereocenters. The zero-order valence-corrected chi connectivity index (χ0v) is 18.1. The number of likely N-dealkylation sites (tertiary alicyclic amines) is 2. The van der Waals surface area contributed by atoms with Gasteiger partial charge in [-0.2, -0.15) is 0 Å². The molecule has 1 amide bonds. The van der Waals surface area contributed by atoms with Crippen molar-refractivity contribution in [3.05, 3.63) is 35.4 Å². The molecule has 2 heterocycles. The molecule has 1 saturated carbocycles. The van der Waals surface area contributed by atoms with Crippen LogP contribution >= 0.6 is 0 Å². The zero-order chi connectivity index (χ0) is 19.8. The predicted octanol–water partition coefficient (Wildman–Crippen LogP) is 3.34. The maximum absolute atomic E-state index is 13.1. The van der Waals surface area contributed by atoms with E-state index in [0.717, 1.165) is 19.5 Å². The minimum atomic E-state index is 0.242. The molecule has 1 aromatic rings. The molecular formula is C25H37N3O. The van der Waals surface area contributed by atoms with Gasteiger partial charge in [-0.25, -0.2) is 0 Å². The van der Waals surface area contributed by atoms with Gasteiger partial charge in [0, 0.05) is 31.2 Å². The highest BCUT2D eigenvalue weighted by molar-refractivity contribution is 5.79.